The molecule has 0 aliphatic carbocycles. The molecule has 0 aliphatic heterocycles. The summed E-state index contributed by atoms with van der Waals surface area (Å²) >= 11 is 0. The molecule has 0 aromatic rings. The number of ether oxygens (including phenoxy) is 1. The van der Waals surface area contributed by atoms with Gasteiger partial charge in [-0.2, -0.15) is 0 Å². The van der Waals surface area contributed by atoms with Gasteiger partial charge in [0.1, 0.15) is 6.10 Å². The largest absolute Gasteiger partial charge is 0.462 e. The molecule has 3 N–H and O–H groups in total. The Balaban J connectivity index is 4.67. The third kappa shape index (κ3) is 46.1. The summed E-state index contributed by atoms with van der Waals surface area (Å²) < 4.78 is 5.93. The summed E-state index contributed by atoms with van der Waals surface area (Å²) in [5.74, 6) is -0.517. The third-order valence-corrected chi connectivity index (χ3v) is 12.4. The summed E-state index contributed by atoms with van der Waals surface area (Å²) in [5, 5.41) is 23.8. The third-order valence-electron chi connectivity index (χ3n) is 12.4. The van der Waals surface area contributed by atoms with Crippen molar-refractivity contribution in [3.63, 3.8) is 0 Å². The van der Waals surface area contributed by atoms with Gasteiger partial charge in [0.05, 0.1) is 25.2 Å². The lowest BCUT2D eigenvalue weighted by Gasteiger charge is -2.24. The molecule has 372 valence electrons. The number of allylic oxidation sites excluding steroid dienone is 10. The Bertz CT molecular complexity index is 1140. The first-order chi connectivity index (χ1) is 31.5. The Morgan fingerprint density at radius 3 is 1.30 bits per heavy atom. The van der Waals surface area contributed by atoms with Crippen molar-refractivity contribution in [2.24, 2.45) is 0 Å². The highest BCUT2D eigenvalue weighted by molar-refractivity contribution is 5.77. The van der Waals surface area contributed by atoms with Gasteiger partial charge in [0.25, 0.3) is 0 Å². The molecule has 1 amide bonds. The summed E-state index contributed by atoms with van der Waals surface area (Å²) in [6.07, 6.45) is 64.2. The van der Waals surface area contributed by atoms with E-state index in [0.29, 0.717) is 19.3 Å². The van der Waals surface area contributed by atoms with Crippen LogP contribution < -0.4 is 5.32 Å². The molecule has 3 atom stereocenters. The van der Waals surface area contributed by atoms with Crippen LogP contribution in [-0.2, 0) is 14.3 Å². The van der Waals surface area contributed by atoms with Crippen LogP contribution in [0.15, 0.2) is 60.8 Å². The van der Waals surface area contributed by atoms with Crippen LogP contribution in [0.3, 0.4) is 0 Å². The lowest BCUT2D eigenvalue weighted by molar-refractivity contribution is -0.151. The number of aliphatic hydroxyl groups excluding tert-OH is 2. The molecule has 6 heteroatoms. The molecule has 0 rings (SSSR count). The van der Waals surface area contributed by atoms with Crippen LogP contribution in [-0.4, -0.2) is 46.9 Å². The van der Waals surface area contributed by atoms with Gasteiger partial charge in [0.2, 0.25) is 5.91 Å². The summed E-state index contributed by atoms with van der Waals surface area (Å²) in [4.78, 5) is 26.2. The lowest BCUT2D eigenvalue weighted by Crippen LogP contribution is -2.46. The molecular weight excluding hydrogens is 791 g/mol. The summed E-state index contributed by atoms with van der Waals surface area (Å²) in [6.45, 7) is 6.44. The van der Waals surface area contributed by atoms with E-state index in [2.05, 4.69) is 86.8 Å². The van der Waals surface area contributed by atoms with Gasteiger partial charge in [-0.3, -0.25) is 9.59 Å². The van der Waals surface area contributed by atoms with E-state index in [1.807, 2.05) is 0 Å². The van der Waals surface area contributed by atoms with E-state index in [1.54, 1.807) is 0 Å². The molecule has 0 saturated heterocycles. The minimum atomic E-state index is -0.801. The predicted octanol–water partition coefficient (Wildman–Crippen LogP) is 16.8. The highest BCUT2D eigenvalue weighted by atomic mass is 16.5. The normalized spacial score (nSPS) is 13.6. The Hall–Kier alpha value is -2.44. The highest BCUT2D eigenvalue weighted by Gasteiger charge is 2.24. The van der Waals surface area contributed by atoms with E-state index in [9.17, 15) is 19.8 Å². The quantitative estimate of drug-likeness (QED) is 0.0245. The zero-order valence-corrected chi connectivity index (χ0v) is 42.4. The molecule has 3 unspecified atom stereocenters. The molecule has 0 aliphatic rings. The second-order valence-corrected chi connectivity index (χ2v) is 18.7. The zero-order valence-electron chi connectivity index (χ0n) is 42.4. The van der Waals surface area contributed by atoms with Crippen LogP contribution in [0.1, 0.15) is 271 Å². The van der Waals surface area contributed by atoms with Gasteiger partial charge in [0.15, 0.2) is 0 Å². The number of carbonyl (C=O) groups is 2. The fraction of sp³-hybridized carbons (Fsp3) is 0.793. The topological polar surface area (TPSA) is 95.9 Å². The van der Waals surface area contributed by atoms with Crippen molar-refractivity contribution in [1.29, 1.82) is 0 Å². The molecule has 64 heavy (non-hydrogen) atoms. The van der Waals surface area contributed by atoms with Crippen molar-refractivity contribution in [2.75, 3.05) is 6.61 Å². The monoisotopic (exact) mass is 896 g/mol. The average Bonchev–Trinajstić information content (AvgIpc) is 3.29. The van der Waals surface area contributed by atoms with E-state index in [4.69, 9.17) is 4.74 Å². The standard InChI is InChI=1S/C58H105NO5/c1-4-7-10-13-16-19-22-25-27-29-32-34-37-40-43-46-49-54(64-58(63)51-48-45-42-39-36-33-30-28-26-23-20-17-14-11-8-5-2)52-57(62)59-55(53-60)56(61)50-47-44-41-38-35-31-24-21-18-15-12-9-6-3/h16,19,22,25,27-30,32,34,54-56,60-61H,4-15,17-18,20-21,23-24,26,31,33,35-53H2,1-3H3,(H,59,62)/b19-16+,25-22+,29-27+,30-28+,34-32+. The number of esters is 1. The van der Waals surface area contributed by atoms with Gasteiger partial charge in [-0.05, 0) is 77.0 Å². The number of carbonyl (C=O) groups excluding carboxylic acids is 2. The minimum absolute atomic E-state index is 0.0479. The van der Waals surface area contributed by atoms with Gasteiger partial charge in [-0.1, -0.05) is 242 Å². The Kier molecular flexibility index (Phi) is 49.6. The second kappa shape index (κ2) is 51.5. The first-order valence-electron chi connectivity index (χ1n) is 27.6. The number of nitrogens with one attached hydrogen (secondary N) is 1. The number of unbranched alkanes of at least 4 members (excludes halogenated alkanes) is 30. The summed E-state index contributed by atoms with van der Waals surface area (Å²) in [7, 11) is 0. The number of rotatable bonds is 49. The smallest absolute Gasteiger partial charge is 0.306 e. The average molecular weight is 896 g/mol. The maximum absolute atomic E-state index is 13.2. The number of aliphatic hydroxyl groups is 2. The predicted molar refractivity (Wildman–Crippen MR) is 278 cm³/mol. The highest BCUT2D eigenvalue weighted by Crippen LogP contribution is 2.17. The fourth-order valence-electron chi connectivity index (χ4n) is 8.20. The molecule has 0 aromatic carbocycles. The number of hydrogen-bond acceptors (Lipinski definition) is 5. The van der Waals surface area contributed by atoms with Gasteiger partial charge in [-0.25, -0.2) is 0 Å². The molecule has 0 spiro atoms. The maximum atomic E-state index is 13.2. The summed E-state index contributed by atoms with van der Waals surface area (Å²) in [5.41, 5.74) is 0. The van der Waals surface area contributed by atoms with Crippen LogP contribution >= 0.6 is 0 Å². The molecule has 0 heterocycles. The van der Waals surface area contributed by atoms with Crippen molar-refractivity contribution in [1.82, 2.24) is 5.32 Å². The molecule has 0 aromatic heterocycles. The van der Waals surface area contributed by atoms with E-state index in [1.165, 1.54) is 148 Å². The number of hydrogen-bond donors (Lipinski definition) is 3. The maximum Gasteiger partial charge on any atom is 0.306 e. The molecule has 0 saturated carbocycles. The van der Waals surface area contributed by atoms with Crippen molar-refractivity contribution in [3.8, 4) is 0 Å². The number of amides is 1. The van der Waals surface area contributed by atoms with Crippen LogP contribution in [0.5, 0.6) is 0 Å². The fourth-order valence-corrected chi connectivity index (χ4v) is 8.20. The van der Waals surface area contributed by atoms with Crippen LogP contribution in [0.25, 0.3) is 0 Å². The molecular formula is C58H105NO5. The lowest BCUT2D eigenvalue weighted by atomic mass is 10.0. The Labute approximate surface area is 397 Å². The van der Waals surface area contributed by atoms with Crippen LogP contribution in [0.2, 0.25) is 0 Å². The minimum Gasteiger partial charge on any atom is -0.462 e. The molecule has 0 bridgehead atoms. The van der Waals surface area contributed by atoms with Crippen molar-refractivity contribution < 1.29 is 24.5 Å². The van der Waals surface area contributed by atoms with Gasteiger partial charge in [-0.15, -0.1) is 0 Å². The molecule has 6 nitrogen and oxygen atoms in total. The van der Waals surface area contributed by atoms with Crippen LogP contribution in [0, 0.1) is 0 Å². The van der Waals surface area contributed by atoms with Gasteiger partial charge in [0, 0.05) is 6.42 Å². The second-order valence-electron chi connectivity index (χ2n) is 18.7. The van der Waals surface area contributed by atoms with Crippen molar-refractivity contribution >= 4 is 11.9 Å². The van der Waals surface area contributed by atoms with E-state index < -0.39 is 18.2 Å². The molecule has 0 fully saturated rings. The van der Waals surface area contributed by atoms with Crippen molar-refractivity contribution in [3.05, 3.63) is 60.8 Å². The van der Waals surface area contributed by atoms with Gasteiger partial charge >= 0.3 is 5.97 Å². The van der Waals surface area contributed by atoms with Crippen molar-refractivity contribution in [2.45, 2.75) is 289 Å². The van der Waals surface area contributed by atoms with Gasteiger partial charge < -0.3 is 20.3 Å². The van der Waals surface area contributed by atoms with E-state index in [0.717, 1.165) is 77.0 Å². The van der Waals surface area contributed by atoms with E-state index in [-0.39, 0.29) is 24.9 Å². The summed E-state index contributed by atoms with van der Waals surface area (Å²) in [6, 6.07) is -0.717. The first-order valence-corrected chi connectivity index (χ1v) is 27.6. The molecule has 0 radical (unpaired) electrons. The zero-order chi connectivity index (χ0) is 46.7. The van der Waals surface area contributed by atoms with E-state index >= 15 is 0 Å². The SMILES string of the molecule is CCCCC/C=C/C=C/C=C/C=C/CCCCCC(CC(=O)NC(CO)C(O)CCCCCCCCCCCCCCC)OC(=O)CCCCCCC/C=C/CCCCCCCCC. The Morgan fingerprint density at radius 2 is 0.812 bits per heavy atom. The van der Waals surface area contributed by atoms with Crippen LogP contribution in [0.4, 0.5) is 0 Å². The first kappa shape index (κ1) is 61.6. The Morgan fingerprint density at radius 1 is 0.453 bits per heavy atom.